The first-order valence-electron chi connectivity index (χ1n) is 13.0. The molecule has 1 heterocycles. The van der Waals surface area contributed by atoms with Gasteiger partial charge in [0.2, 0.25) is 0 Å². The lowest BCUT2D eigenvalue weighted by atomic mass is 9.93. The van der Waals surface area contributed by atoms with Gasteiger partial charge in [-0.3, -0.25) is 9.59 Å². The molecule has 0 aromatic heterocycles. The summed E-state index contributed by atoms with van der Waals surface area (Å²) in [6.45, 7) is 15.7. The summed E-state index contributed by atoms with van der Waals surface area (Å²) >= 11 is 0. The largest absolute Gasteiger partial charge is 0.507 e. The molecule has 2 aromatic carbocycles. The van der Waals surface area contributed by atoms with E-state index in [0.717, 1.165) is 30.6 Å². The number of carbonyl (C=O) groups excluding carboxylic acids is 2. The van der Waals surface area contributed by atoms with Crippen LogP contribution in [0.5, 0.6) is 5.75 Å². The van der Waals surface area contributed by atoms with Gasteiger partial charge in [0.25, 0.3) is 11.7 Å². The van der Waals surface area contributed by atoms with Gasteiger partial charge in [-0.05, 0) is 67.2 Å². The van der Waals surface area contributed by atoms with Crippen molar-refractivity contribution in [3.8, 4) is 5.75 Å². The number of amides is 1. The molecule has 0 aliphatic carbocycles. The Morgan fingerprint density at radius 2 is 1.72 bits per heavy atom. The Morgan fingerprint density at radius 1 is 1.06 bits per heavy atom. The highest BCUT2D eigenvalue weighted by Gasteiger charge is 2.46. The van der Waals surface area contributed by atoms with E-state index in [1.54, 1.807) is 17.0 Å². The predicted molar refractivity (Wildman–Crippen MR) is 144 cm³/mol. The molecule has 1 atom stereocenters. The Hall–Kier alpha value is -3.12. The van der Waals surface area contributed by atoms with Crippen molar-refractivity contribution in [2.45, 2.75) is 54.0 Å². The lowest BCUT2D eigenvalue weighted by Crippen LogP contribution is -2.38. The Labute approximate surface area is 215 Å². The highest BCUT2D eigenvalue weighted by Crippen LogP contribution is 2.40. The van der Waals surface area contributed by atoms with E-state index in [2.05, 4.69) is 39.5 Å². The fraction of sp³-hybridized carbons (Fsp3) is 0.467. The second-order valence-electron chi connectivity index (χ2n) is 9.80. The smallest absolute Gasteiger partial charge is 0.295 e. The maximum Gasteiger partial charge on any atom is 0.295 e. The molecular weight excluding hydrogens is 452 g/mol. The van der Waals surface area contributed by atoms with Crippen molar-refractivity contribution in [2.24, 2.45) is 5.92 Å². The Balaban J connectivity index is 2.06. The van der Waals surface area contributed by atoms with Crippen LogP contribution in [0.25, 0.3) is 5.76 Å². The molecule has 1 aliphatic rings. The van der Waals surface area contributed by atoms with Crippen LogP contribution >= 0.6 is 0 Å². The molecule has 194 valence electrons. The monoisotopic (exact) mass is 492 g/mol. The van der Waals surface area contributed by atoms with Crippen molar-refractivity contribution < 1.29 is 19.4 Å². The number of likely N-dealkylation sites (tertiary alicyclic amines) is 1. The van der Waals surface area contributed by atoms with Crippen LogP contribution in [0.2, 0.25) is 0 Å². The van der Waals surface area contributed by atoms with Gasteiger partial charge in [0, 0.05) is 18.7 Å². The number of nitrogens with zero attached hydrogens (tertiary/aromatic N) is 2. The lowest BCUT2D eigenvalue weighted by molar-refractivity contribution is -0.140. The molecule has 0 bridgehead atoms. The topological polar surface area (TPSA) is 70.1 Å². The molecule has 3 rings (SSSR count). The van der Waals surface area contributed by atoms with Gasteiger partial charge in [-0.2, -0.15) is 0 Å². The molecule has 6 heteroatoms. The maximum atomic E-state index is 13.3. The summed E-state index contributed by atoms with van der Waals surface area (Å²) < 4.78 is 5.82. The molecule has 1 N–H and O–H groups in total. The number of carbonyl (C=O) groups is 2. The average molecular weight is 493 g/mol. The Kier molecular flexibility index (Phi) is 9.32. The van der Waals surface area contributed by atoms with Crippen LogP contribution in [0.1, 0.15) is 62.9 Å². The fourth-order valence-corrected chi connectivity index (χ4v) is 4.58. The number of aryl methyl sites for hydroxylation is 2. The summed E-state index contributed by atoms with van der Waals surface area (Å²) in [6, 6.07) is 12.7. The Morgan fingerprint density at radius 3 is 2.28 bits per heavy atom. The van der Waals surface area contributed by atoms with Crippen molar-refractivity contribution in [1.82, 2.24) is 9.80 Å². The van der Waals surface area contributed by atoms with E-state index in [9.17, 15) is 14.7 Å². The molecule has 2 aromatic rings. The molecule has 6 nitrogen and oxygen atoms in total. The van der Waals surface area contributed by atoms with Crippen molar-refractivity contribution in [3.05, 3.63) is 70.3 Å². The predicted octanol–water partition coefficient (Wildman–Crippen LogP) is 5.36. The van der Waals surface area contributed by atoms with Crippen molar-refractivity contribution >= 4 is 17.4 Å². The van der Waals surface area contributed by atoms with Gasteiger partial charge in [-0.15, -0.1) is 0 Å². The third kappa shape index (κ3) is 5.98. The molecule has 0 spiro atoms. The summed E-state index contributed by atoms with van der Waals surface area (Å²) in [4.78, 5) is 30.4. The standard InChI is InChI=1S/C30H40N2O4/c1-7-22-10-12-23(13-11-22)27-26(29(34)30(35)32(27)17-16-31(8-2)9-3)28(33)25-15-14-24(18-21(25)6)36-19-20(4)5/h10-15,18,20,27,33H,7-9,16-17,19H2,1-6H3/b28-26+/t27-/m1/s1. The van der Waals surface area contributed by atoms with E-state index in [4.69, 9.17) is 4.74 Å². The third-order valence-electron chi connectivity index (χ3n) is 6.83. The van der Waals surface area contributed by atoms with Gasteiger partial charge in [0.15, 0.2) is 0 Å². The second-order valence-corrected chi connectivity index (χ2v) is 9.80. The average Bonchev–Trinajstić information content (AvgIpc) is 3.12. The van der Waals surface area contributed by atoms with Crippen molar-refractivity contribution in [2.75, 3.05) is 32.8 Å². The highest BCUT2D eigenvalue weighted by atomic mass is 16.5. The van der Waals surface area contributed by atoms with Gasteiger partial charge in [-0.1, -0.05) is 58.9 Å². The highest BCUT2D eigenvalue weighted by molar-refractivity contribution is 6.46. The molecule has 36 heavy (non-hydrogen) atoms. The zero-order valence-electron chi connectivity index (χ0n) is 22.5. The van der Waals surface area contributed by atoms with Crippen LogP contribution in [0.15, 0.2) is 48.0 Å². The minimum absolute atomic E-state index is 0.141. The van der Waals surface area contributed by atoms with Crippen LogP contribution in [-0.2, 0) is 16.0 Å². The summed E-state index contributed by atoms with van der Waals surface area (Å²) in [5, 5.41) is 11.4. The molecule has 1 aliphatic heterocycles. The van der Waals surface area contributed by atoms with E-state index < -0.39 is 17.7 Å². The number of hydrogen-bond acceptors (Lipinski definition) is 5. The summed E-state index contributed by atoms with van der Waals surface area (Å²) in [6.07, 6.45) is 0.896. The first-order valence-corrected chi connectivity index (χ1v) is 13.0. The second kappa shape index (κ2) is 12.2. The van der Waals surface area contributed by atoms with E-state index in [-0.39, 0.29) is 11.3 Å². The molecule has 0 saturated carbocycles. The minimum atomic E-state index is -0.642. The quantitative estimate of drug-likeness (QED) is 0.260. The van der Waals surface area contributed by atoms with E-state index in [1.807, 2.05) is 37.3 Å². The van der Waals surface area contributed by atoms with Crippen LogP contribution in [0.4, 0.5) is 0 Å². The Bertz CT molecular complexity index is 1100. The van der Waals surface area contributed by atoms with Crippen LogP contribution in [0, 0.1) is 12.8 Å². The maximum absolute atomic E-state index is 13.3. The van der Waals surface area contributed by atoms with Crippen LogP contribution in [-0.4, -0.2) is 59.4 Å². The van der Waals surface area contributed by atoms with E-state index in [1.165, 1.54) is 5.56 Å². The molecule has 0 unspecified atom stereocenters. The fourth-order valence-electron chi connectivity index (χ4n) is 4.58. The van der Waals surface area contributed by atoms with Gasteiger partial charge in [0.05, 0.1) is 18.2 Å². The van der Waals surface area contributed by atoms with E-state index >= 15 is 0 Å². The first kappa shape index (κ1) is 27.5. The van der Waals surface area contributed by atoms with Gasteiger partial charge < -0.3 is 19.6 Å². The summed E-state index contributed by atoms with van der Waals surface area (Å²) in [7, 11) is 0. The zero-order chi connectivity index (χ0) is 26.4. The number of ketones is 1. The number of rotatable bonds is 11. The number of ether oxygens (including phenoxy) is 1. The number of aliphatic hydroxyl groups is 1. The molecule has 1 saturated heterocycles. The molecule has 1 fully saturated rings. The van der Waals surface area contributed by atoms with Crippen molar-refractivity contribution in [3.63, 3.8) is 0 Å². The third-order valence-corrected chi connectivity index (χ3v) is 6.83. The van der Waals surface area contributed by atoms with E-state index in [0.29, 0.717) is 36.9 Å². The SMILES string of the molecule is CCc1ccc([C@@H]2/C(=C(\O)c3ccc(OCC(C)C)cc3C)C(=O)C(=O)N2CCN(CC)CC)cc1. The first-order chi connectivity index (χ1) is 17.2. The molecule has 0 radical (unpaired) electrons. The normalized spacial score (nSPS) is 17.4. The summed E-state index contributed by atoms with van der Waals surface area (Å²) in [5.41, 5.74) is 3.45. The van der Waals surface area contributed by atoms with Gasteiger partial charge in [-0.25, -0.2) is 0 Å². The van der Waals surface area contributed by atoms with Gasteiger partial charge in [0.1, 0.15) is 11.5 Å². The van der Waals surface area contributed by atoms with Gasteiger partial charge >= 0.3 is 0 Å². The number of aliphatic hydroxyl groups excluding tert-OH is 1. The number of Topliss-reactive ketones (excluding diaryl/α,β-unsaturated/α-hetero) is 1. The lowest BCUT2D eigenvalue weighted by Gasteiger charge is -2.28. The molecular formula is C30H40N2O4. The minimum Gasteiger partial charge on any atom is -0.507 e. The zero-order valence-corrected chi connectivity index (χ0v) is 22.5. The number of likely N-dealkylation sites (N-methyl/N-ethyl adjacent to an activating group) is 1. The number of hydrogen-bond donors (Lipinski definition) is 1. The van der Waals surface area contributed by atoms with Crippen LogP contribution < -0.4 is 4.74 Å². The number of benzene rings is 2. The van der Waals surface area contributed by atoms with Crippen LogP contribution in [0.3, 0.4) is 0 Å². The molecule has 1 amide bonds. The summed E-state index contributed by atoms with van der Waals surface area (Å²) in [5.74, 6) is -0.246. The van der Waals surface area contributed by atoms with Crippen molar-refractivity contribution in [1.29, 1.82) is 0 Å².